The van der Waals surface area contributed by atoms with Crippen LogP contribution in [0.1, 0.15) is 11.6 Å². The summed E-state index contributed by atoms with van der Waals surface area (Å²) < 4.78 is 4.80. The van der Waals surface area contributed by atoms with E-state index >= 15 is 0 Å². The van der Waals surface area contributed by atoms with Crippen molar-refractivity contribution in [2.75, 3.05) is 5.32 Å². The maximum absolute atomic E-state index is 5.40. The van der Waals surface area contributed by atoms with Gasteiger partial charge < -0.3 is 9.88 Å². The first kappa shape index (κ1) is 25.2. The van der Waals surface area contributed by atoms with E-state index in [0.717, 1.165) is 33.9 Å². The van der Waals surface area contributed by atoms with Crippen molar-refractivity contribution in [2.24, 2.45) is 4.99 Å². The number of para-hydroxylation sites is 4. The standard InChI is InChI=1S/C42H28N4/c1-3-14-28(15-4-1)41-42(44-35-21-11-10-20-34(35)43-41)46-36-22-12-9-19-31(36)32-25-33-39(26-38(32)46)45(29-16-5-2-6-17-29)37-24-23-27-13-7-8-18-30(27)40(33)37/h1-26,41,43H. The van der Waals surface area contributed by atoms with Gasteiger partial charge >= 0.3 is 0 Å². The van der Waals surface area contributed by atoms with Gasteiger partial charge in [0.15, 0.2) is 0 Å². The van der Waals surface area contributed by atoms with Gasteiger partial charge in [-0.1, -0.05) is 109 Å². The zero-order valence-corrected chi connectivity index (χ0v) is 24.9. The predicted molar refractivity (Wildman–Crippen MR) is 193 cm³/mol. The molecule has 7 aromatic carbocycles. The molecule has 1 aliphatic heterocycles. The molecule has 0 saturated carbocycles. The van der Waals surface area contributed by atoms with Gasteiger partial charge in [-0.2, -0.15) is 0 Å². The highest BCUT2D eigenvalue weighted by Gasteiger charge is 2.29. The molecule has 10 rings (SSSR count). The summed E-state index contributed by atoms with van der Waals surface area (Å²) in [5, 5.41) is 11.3. The molecular weight excluding hydrogens is 560 g/mol. The summed E-state index contributed by atoms with van der Waals surface area (Å²) in [4.78, 5) is 5.40. The molecule has 216 valence electrons. The van der Waals surface area contributed by atoms with Crippen molar-refractivity contribution in [1.82, 2.24) is 9.13 Å². The highest BCUT2D eigenvalue weighted by molar-refractivity contribution is 6.26. The number of aliphatic imine (C=N–C) groups is 1. The SMILES string of the molecule is c1ccc(C2Nc3ccccc3N=C2n2c3ccccc3c3cc4c5c6ccccc6ccc5n(-c5ccccc5)c4cc32)cc1. The van der Waals surface area contributed by atoms with Gasteiger partial charge in [-0.3, -0.25) is 4.57 Å². The molecule has 0 fully saturated rings. The maximum atomic E-state index is 5.40. The zero-order chi connectivity index (χ0) is 30.2. The van der Waals surface area contributed by atoms with E-state index in [4.69, 9.17) is 4.99 Å². The number of benzene rings is 7. The van der Waals surface area contributed by atoms with Crippen LogP contribution in [-0.4, -0.2) is 15.0 Å². The molecule has 1 unspecified atom stereocenters. The van der Waals surface area contributed by atoms with Gasteiger partial charge in [0.2, 0.25) is 0 Å². The summed E-state index contributed by atoms with van der Waals surface area (Å²) >= 11 is 0. The molecule has 9 aromatic rings. The molecule has 0 radical (unpaired) electrons. The largest absolute Gasteiger partial charge is 0.370 e. The average Bonchev–Trinajstić information content (AvgIpc) is 3.63. The Bertz CT molecular complexity index is 2660. The molecule has 0 spiro atoms. The second kappa shape index (κ2) is 9.68. The van der Waals surface area contributed by atoms with E-state index in [1.165, 1.54) is 48.9 Å². The van der Waals surface area contributed by atoms with Crippen molar-refractivity contribution in [3.8, 4) is 5.69 Å². The normalized spacial score (nSPS) is 14.6. The highest BCUT2D eigenvalue weighted by atomic mass is 15.2. The first-order valence-electron chi connectivity index (χ1n) is 15.8. The third-order valence-corrected chi connectivity index (χ3v) is 9.52. The Balaban J connectivity index is 1.37. The van der Waals surface area contributed by atoms with Crippen LogP contribution in [0.15, 0.2) is 163 Å². The molecule has 4 heteroatoms. The Hall–Kier alpha value is -6.13. The topological polar surface area (TPSA) is 34.2 Å². The van der Waals surface area contributed by atoms with Crippen LogP contribution < -0.4 is 5.32 Å². The lowest BCUT2D eigenvalue weighted by Gasteiger charge is -2.29. The van der Waals surface area contributed by atoms with E-state index in [0.29, 0.717) is 0 Å². The lowest BCUT2D eigenvalue weighted by Crippen LogP contribution is -2.29. The first-order valence-corrected chi connectivity index (χ1v) is 15.8. The van der Waals surface area contributed by atoms with Gasteiger partial charge in [0.25, 0.3) is 0 Å². The Morgan fingerprint density at radius 1 is 0.478 bits per heavy atom. The number of fused-ring (bicyclic) bond motifs is 9. The number of rotatable bonds is 2. The molecular formula is C42H28N4. The van der Waals surface area contributed by atoms with Crippen LogP contribution in [-0.2, 0) is 0 Å². The quantitative estimate of drug-likeness (QED) is 0.214. The lowest BCUT2D eigenvalue weighted by molar-refractivity contribution is 0.962. The molecule has 1 atom stereocenters. The van der Waals surface area contributed by atoms with E-state index in [1.54, 1.807) is 0 Å². The Kier molecular flexibility index (Phi) is 5.31. The minimum absolute atomic E-state index is 0.130. The molecule has 3 heterocycles. The van der Waals surface area contributed by atoms with Gasteiger partial charge in [-0.25, -0.2) is 4.99 Å². The lowest BCUT2D eigenvalue weighted by atomic mass is 10.0. The minimum Gasteiger partial charge on any atom is -0.370 e. The van der Waals surface area contributed by atoms with E-state index < -0.39 is 0 Å². The third kappa shape index (κ3) is 3.58. The number of hydrogen-bond donors (Lipinski definition) is 1. The summed E-state index contributed by atoms with van der Waals surface area (Å²) in [5.41, 5.74) is 8.97. The second-order valence-electron chi connectivity index (χ2n) is 12.1. The molecule has 4 nitrogen and oxygen atoms in total. The van der Waals surface area contributed by atoms with Gasteiger partial charge in [0.05, 0.1) is 33.4 Å². The number of nitrogens with one attached hydrogen (secondary N) is 1. The average molecular weight is 589 g/mol. The zero-order valence-electron chi connectivity index (χ0n) is 24.9. The number of nitrogens with zero attached hydrogens (tertiary/aromatic N) is 3. The Morgan fingerprint density at radius 3 is 2.04 bits per heavy atom. The van der Waals surface area contributed by atoms with Crippen molar-refractivity contribution in [3.63, 3.8) is 0 Å². The van der Waals surface area contributed by atoms with Crippen molar-refractivity contribution >= 4 is 71.6 Å². The van der Waals surface area contributed by atoms with Crippen LogP contribution in [0.5, 0.6) is 0 Å². The van der Waals surface area contributed by atoms with Crippen LogP contribution in [0, 0.1) is 0 Å². The van der Waals surface area contributed by atoms with Crippen LogP contribution in [0.3, 0.4) is 0 Å². The van der Waals surface area contributed by atoms with Crippen LogP contribution in [0.2, 0.25) is 0 Å². The van der Waals surface area contributed by atoms with Crippen molar-refractivity contribution < 1.29 is 0 Å². The predicted octanol–water partition coefficient (Wildman–Crippen LogP) is 10.8. The summed E-state index contributed by atoms with van der Waals surface area (Å²) in [7, 11) is 0. The summed E-state index contributed by atoms with van der Waals surface area (Å²) in [6.45, 7) is 0. The van der Waals surface area contributed by atoms with Crippen molar-refractivity contribution in [3.05, 3.63) is 163 Å². The maximum Gasteiger partial charge on any atom is 0.141 e. The second-order valence-corrected chi connectivity index (χ2v) is 12.1. The number of anilines is 1. The third-order valence-electron chi connectivity index (χ3n) is 9.52. The molecule has 46 heavy (non-hydrogen) atoms. The summed E-state index contributed by atoms with van der Waals surface area (Å²) in [6.07, 6.45) is 0. The summed E-state index contributed by atoms with van der Waals surface area (Å²) in [5.74, 6) is 0.961. The molecule has 0 bridgehead atoms. The van der Waals surface area contributed by atoms with E-state index in [9.17, 15) is 0 Å². The van der Waals surface area contributed by atoms with E-state index in [-0.39, 0.29) is 6.04 Å². The van der Waals surface area contributed by atoms with Gasteiger partial charge in [-0.05, 0) is 64.9 Å². The fraction of sp³-hybridized carbons (Fsp3) is 0.0238. The molecule has 1 aliphatic rings. The fourth-order valence-electron chi connectivity index (χ4n) is 7.51. The molecule has 2 aromatic heterocycles. The van der Waals surface area contributed by atoms with Crippen molar-refractivity contribution in [1.29, 1.82) is 0 Å². The smallest absolute Gasteiger partial charge is 0.141 e. The van der Waals surface area contributed by atoms with Crippen LogP contribution in [0.4, 0.5) is 11.4 Å². The Morgan fingerprint density at radius 2 is 1.17 bits per heavy atom. The van der Waals surface area contributed by atoms with Gasteiger partial charge in [-0.15, -0.1) is 0 Å². The molecule has 0 aliphatic carbocycles. The molecule has 1 N–H and O–H groups in total. The highest BCUT2D eigenvalue weighted by Crippen LogP contribution is 2.43. The van der Waals surface area contributed by atoms with E-state index in [2.05, 4.69) is 172 Å². The number of hydrogen-bond acceptors (Lipinski definition) is 2. The van der Waals surface area contributed by atoms with Gasteiger partial charge in [0.1, 0.15) is 11.9 Å². The summed E-state index contributed by atoms with van der Waals surface area (Å²) in [6, 6.07) is 56.4. The minimum atomic E-state index is -0.130. The fourth-order valence-corrected chi connectivity index (χ4v) is 7.51. The van der Waals surface area contributed by atoms with Crippen LogP contribution in [0.25, 0.3) is 60.1 Å². The molecule has 0 saturated heterocycles. The monoisotopic (exact) mass is 588 g/mol. The molecule has 0 amide bonds. The van der Waals surface area contributed by atoms with E-state index in [1.807, 2.05) is 0 Å². The van der Waals surface area contributed by atoms with Crippen molar-refractivity contribution in [2.45, 2.75) is 6.04 Å². The van der Waals surface area contributed by atoms with Gasteiger partial charge in [0, 0.05) is 27.2 Å². The number of aromatic nitrogens is 2. The first-order chi connectivity index (χ1) is 22.8. The Labute approximate surface area is 265 Å². The van der Waals surface area contributed by atoms with Crippen LogP contribution >= 0.6 is 0 Å².